The van der Waals surface area contributed by atoms with Crippen molar-refractivity contribution in [3.05, 3.63) is 28.7 Å². The van der Waals surface area contributed by atoms with Gasteiger partial charge < -0.3 is 19.7 Å². The third-order valence-corrected chi connectivity index (χ3v) is 5.43. The van der Waals surface area contributed by atoms with E-state index >= 15 is 0 Å². The van der Waals surface area contributed by atoms with Gasteiger partial charge in [-0.05, 0) is 19.8 Å². The summed E-state index contributed by atoms with van der Waals surface area (Å²) in [6, 6.07) is 0.490. The van der Waals surface area contributed by atoms with Crippen molar-refractivity contribution in [1.82, 2.24) is 9.88 Å². The van der Waals surface area contributed by atoms with Crippen LogP contribution >= 0.6 is 11.3 Å². The van der Waals surface area contributed by atoms with E-state index in [1.54, 1.807) is 11.3 Å². The number of hydrogen-bond acceptors (Lipinski definition) is 7. The number of rotatable bonds is 5. The number of carbonyl (C=O) groups is 2. The molecule has 2 fully saturated rings. The zero-order chi connectivity index (χ0) is 26.1. The van der Waals surface area contributed by atoms with Crippen molar-refractivity contribution in [3.63, 3.8) is 0 Å². The first-order valence-electron chi connectivity index (χ1n) is 9.76. The Balaban J connectivity index is 0.000000343. The van der Waals surface area contributed by atoms with Crippen molar-refractivity contribution >= 4 is 23.3 Å². The molecule has 2 aliphatic rings. The van der Waals surface area contributed by atoms with Gasteiger partial charge in [-0.2, -0.15) is 26.3 Å². The van der Waals surface area contributed by atoms with Gasteiger partial charge in [0.05, 0.1) is 36.1 Å². The molecule has 1 aliphatic carbocycles. The van der Waals surface area contributed by atoms with E-state index in [0.717, 1.165) is 43.2 Å². The molecule has 194 valence electrons. The molecule has 1 aliphatic heterocycles. The van der Waals surface area contributed by atoms with E-state index in [4.69, 9.17) is 29.3 Å². The van der Waals surface area contributed by atoms with Gasteiger partial charge >= 0.3 is 24.3 Å². The van der Waals surface area contributed by atoms with E-state index in [2.05, 4.69) is 21.8 Å². The van der Waals surface area contributed by atoms with E-state index in [0.29, 0.717) is 12.6 Å². The third kappa shape index (κ3) is 9.95. The van der Waals surface area contributed by atoms with Crippen LogP contribution in [0.1, 0.15) is 23.5 Å². The molecule has 2 heterocycles. The summed E-state index contributed by atoms with van der Waals surface area (Å²) in [5, 5.41) is 17.4. The lowest BCUT2D eigenvalue weighted by atomic mass is 10.1. The van der Waals surface area contributed by atoms with Gasteiger partial charge in [0.15, 0.2) is 0 Å². The highest BCUT2D eigenvalue weighted by atomic mass is 32.1. The predicted octanol–water partition coefficient (Wildman–Crippen LogP) is 3.65. The van der Waals surface area contributed by atoms with Gasteiger partial charge in [-0.25, -0.2) is 14.6 Å². The minimum absolute atomic E-state index is 0.203. The molecule has 1 aromatic rings. The molecular weight excluding hydrogens is 498 g/mol. The van der Waals surface area contributed by atoms with Crippen LogP contribution in [-0.4, -0.2) is 82.3 Å². The summed E-state index contributed by atoms with van der Waals surface area (Å²) < 4.78 is 75.5. The van der Waals surface area contributed by atoms with Gasteiger partial charge in [0.2, 0.25) is 0 Å². The summed E-state index contributed by atoms with van der Waals surface area (Å²) in [4.78, 5) is 24.7. The van der Waals surface area contributed by atoms with Gasteiger partial charge in [-0.3, -0.25) is 4.90 Å². The average molecular weight is 522 g/mol. The van der Waals surface area contributed by atoms with Crippen molar-refractivity contribution < 1.29 is 55.6 Å². The normalized spacial score (nSPS) is 22.5. The van der Waals surface area contributed by atoms with Crippen LogP contribution in [-0.2, 0) is 25.7 Å². The van der Waals surface area contributed by atoms with Crippen LogP contribution in [0.2, 0.25) is 0 Å². The van der Waals surface area contributed by atoms with Crippen LogP contribution in [0.5, 0.6) is 0 Å². The molecule has 1 saturated heterocycles. The van der Waals surface area contributed by atoms with Crippen molar-refractivity contribution in [2.24, 2.45) is 0 Å². The summed E-state index contributed by atoms with van der Waals surface area (Å²) in [6.45, 7) is 9.22. The fourth-order valence-corrected chi connectivity index (χ4v) is 3.83. The standard InChI is InChI=1S/C15H22N2O2S.2C2HF3O2/c1-3-6-17-7-8-18-15-13(17)4-5-14(15)19-9-12-10-20-11(2)16-12;2*3-2(4,5)1(6)7/h3,10,13-15H,1,4-9H2,2H3;2*(H,6,7)/t13-,14+,15+;;/m0../s1. The van der Waals surface area contributed by atoms with Crippen LogP contribution in [0.4, 0.5) is 26.3 Å². The number of alkyl halides is 6. The fourth-order valence-electron chi connectivity index (χ4n) is 3.23. The Morgan fingerprint density at radius 1 is 1.24 bits per heavy atom. The molecule has 1 saturated carbocycles. The summed E-state index contributed by atoms with van der Waals surface area (Å²) in [7, 11) is 0. The van der Waals surface area contributed by atoms with Gasteiger partial charge in [0.25, 0.3) is 0 Å². The number of aromatic nitrogens is 1. The number of fused-ring (bicyclic) bond motifs is 1. The Morgan fingerprint density at radius 2 is 1.79 bits per heavy atom. The maximum absolute atomic E-state index is 10.6. The first kappa shape index (κ1) is 29.8. The zero-order valence-electron chi connectivity index (χ0n) is 17.9. The Labute approximate surface area is 194 Å². The van der Waals surface area contributed by atoms with Crippen LogP contribution < -0.4 is 0 Å². The lowest BCUT2D eigenvalue weighted by Gasteiger charge is -2.38. The molecule has 15 heteroatoms. The van der Waals surface area contributed by atoms with E-state index in [1.807, 2.05) is 13.0 Å². The molecule has 0 radical (unpaired) electrons. The van der Waals surface area contributed by atoms with Crippen LogP contribution in [0.25, 0.3) is 0 Å². The molecule has 34 heavy (non-hydrogen) atoms. The predicted molar refractivity (Wildman–Crippen MR) is 107 cm³/mol. The second kappa shape index (κ2) is 13.0. The van der Waals surface area contributed by atoms with E-state index in [1.165, 1.54) is 0 Å². The molecule has 0 unspecified atom stereocenters. The average Bonchev–Trinajstić information content (AvgIpc) is 3.32. The molecule has 0 aromatic carbocycles. The highest BCUT2D eigenvalue weighted by molar-refractivity contribution is 7.09. The summed E-state index contributed by atoms with van der Waals surface area (Å²) in [6.07, 6.45) is -5.54. The number of aliphatic carboxylic acids is 2. The van der Waals surface area contributed by atoms with Gasteiger partial charge in [-0.15, -0.1) is 17.9 Å². The van der Waals surface area contributed by atoms with Crippen LogP contribution in [0.3, 0.4) is 0 Å². The van der Waals surface area contributed by atoms with Gasteiger partial charge in [0.1, 0.15) is 0 Å². The number of carboxylic acid groups (broad SMARTS) is 2. The van der Waals surface area contributed by atoms with E-state index in [9.17, 15) is 26.3 Å². The van der Waals surface area contributed by atoms with E-state index < -0.39 is 24.3 Å². The van der Waals surface area contributed by atoms with E-state index in [-0.39, 0.29) is 12.2 Å². The second-order valence-electron chi connectivity index (χ2n) is 7.08. The SMILES string of the molecule is C=CCN1CCO[C@H]2[C@H](OCc3csc(C)n3)CC[C@@H]21.O=C(O)C(F)(F)F.O=C(O)C(F)(F)F. The molecule has 0 bridgehead atoms. The van der Waals surface area contributed by atoms with Gasteiger partial charge in [-0.1, -0.05) is 6.08 Å². The molecule has 2 N–H and O–H groups in total. The lowest BCUT2D eigenvalue weighted by molar-refractivity contribution is -0.193. The quantitative estimate of drug-likeness (QED) is 0.446. The molecule has 1 aromatic heterocycles. The monoisotopic (exact) mass is 522 g/mol. The molecule has 0 amide bonds. The minimum atomic E-state index is -5.08. The number of hydrogen-bond donors (Lipinski definition) is 2. The number of halogens is 6. The Morgan fingerprint density at radius 3 is 2.24 bits per heavy atom. The fraction of sp³-hybridized carbons (Fsp3) is 0.632. The van der Waals surface area contributed by atoms with Crippen molar-refractivity contribution in [2.75, 3.05) is 19.7 Å². The van der Waals surface area contributed by atoms with Crippen molar-refractivity contribution in [1.29, 1.82) is 0 Å². The minimum Gasteiger partial charge on any atom is -0.475 e. The smallest absolute Gasteiger partial charge is 0.475 e. The molecule has 3 atom stereocenters. The first-order chi connectivity index (χ1) is 15.7. The number of ether oxygens (including phenoxy) is 2. The second-order valence-corrected chi connectivity index (χ2v) is 8.14. The first-order valence-corrected chi connectivity index (χ1v) is 10.6. The maximum atomic E-state index is 10.6. The number of aryl methyl sites for hydroxylation is 1. The summed E-state index contributed by atoms with van der Waals surface area (Å²) in [5.41, 5.74) is 1.04. The molecule has 3 rings (SSSR count). The van der Waals surface area contributed by atoms with Crippen LogP contribution in [0, 0.1) is 6.92 Å². The summed E-state index contributed by atoms with van der Waals surface area (Å²) >= 11 is 1.67. The Kier molecular flexibility index (Phi) is 11.4. The van der Waals surface area contributed by atoms with Crippen LogP contribution in [0.15, 0.2) is 18.0 Å². The zero-order valence-corrected chi connectivity index (χ0v) is 18.8. The van der Waals surface area contributed by atoms with Gasteiger partial charge in [0, 0.05) is 24.5 Å². The Bertz CT molecular complexity index is 792. The molecule has 8 nitrogen and oxygen atoms in total. The number of thiazole rings is 1. The third-order valence-electron chi connectivity index (χ3n) is 4.61. The lowest BCUT2D eigenvalue weighted by Crippen LogP contribution is -2.51. The topological polar surface area (TPSA) is 109 Å². The van der Waals surface area contributed by atoms with Crippen molar-refractivity contribution in [3.8, 4) is 0 Å². The highest BCUT2D eigenvalue weighted by Gasteiger charge is 2.43. The molecular formula is C19H24F6N2O6S. The number of carboxylic acids is 2. The summed E-state index contributed by atoms with van der Waals surface area (Å²) in [5.74, 6) is -5.51. The highest BCUT2D eigenvalue weighted by Crippen LogP contribution is 2.32. The largest absolute Gasteiger partial charge is 0.490 e. The number of morpholine rings is 1. The maximum Gasteiger partial charge on any atom is 0.490 e. The molecule has 0 spiro atoms. The van der Waals surface area contributed by atoms with Crippen molar-refractivity contribution in [2.45, 2.75) is 57.0 Å². The Hall–Kier alpha value is -2.23. The number of nitrogens with zero attached hydrogens (tertiary/aromatic N) is 2.